The van der Waals surface area contributed by atoms with Crippen molar-refractivity contribution in [2.45, 2.75) is 44.1 Å². The minimum Gasteiger partial charge on any atom is -0.481 e. The number of nitrogens with one attached hydrogen (secondary N) is 1. The quantitative estimate of drug-likeness (QED) is 0.612. The van der Waals surface area contributed by atoms with Crippen LogP contribution in [-0.2, 0) is 9.59 Å². The first-order chi connectivity index (χ1) is 13.4. The summed E-state index contributed by atoms with van der Waals surface area (Å²) in [7, 11) is 0. The minimum atomic E-state index is -0.932. The lowest BCUT2D eigenvalue weighted by Gasteiger charge is -2.44. The molecule has 28 heavy (non-hydrogen) atoms. The molecule has 2 fully saturated rings. The van der Waals surface area contributed by atoms with E-state index in [1.54, 1.807) is 0 Å². The molecule has 2 aromatic rings. The van der Waals surface area contributed by atoms with E-state index in [1.165, 1.54) is 11.3 Å². The van der Waals surface area contributed by atoms with Crippen LogP contribution >= 0.6 is 34.5 Å². The normalized spacial score (nSPS) is 27.4. The summed E-state index contributed by atoms with van der Waals surface area (Å²) < 4.78 is 0.662. The van der Waals surface area contributed by atoms with Crippen LogP contribution in [0.3, 0.4) is 0 Å². The molecule has 148 valence electrons. The van der Waals surface area contributed by atoms with Gasteiger partial charge in [-0.15, -0.1) is 11.3 Å². The Balaban J connectivity index is 1.75. The molecule has 1 aliphatic heterocycles. The van der Waals surface area contributed by atoms with E-state index in [-0.39, 0.29) is 24.3 Å². The van der Waals surface area contributed by atoms with Crippen LogP contribution in [0.2, 0.25) is 9.36 Å². The van der Waals surface area contributed by atoms with Gasteiger partial charge in [0.2, 0.25) is 5.91 Å². The smallest absolute Gasteiger partial charge is 0.304 e. The molecule has 1 aliphatic carbocycles. The van der Waals surface area contributed by atoms with E-state index in [4.69, 9.17) is 23.2 Å². The molecule has 4 nitrogen and oxygen atoms in total. The first-order valence-corrected chi connectivity index (χ1v) is 11.0. The summed E-state index contributed by atoms with van der Waals surface area (Å²) in [5, 5.41) is 13.3. The second-order valence-corrected chi connectivity index (χ2v) is 10.1. The number of hydrogen-bond donors (Lipinski definition) is 2. The molecule has 2 N–H and O–H groups in total. The molecular weight excluding hydrogens is 417 g/mol. The molecule has 4 rings (SSSR count). The molecule has 7 heteroatoms. The van der Waals surface area contributed by atoms with Gasteiger partial charge in [0.1, 0.15) is 0 Å². The molecule has 2 heterocycles. The van der Waals surface area contributed by atoms with E-state index in [0.29, 0.717) is 28.1 Å². The maximum absolute atomic E-state index is 13.2. The zero-order chi connectivity index (χ0) is 19.9. The average molecular weight is 438 g/mol. The molecule has 2 aliphatic rings. The van der Waals surface area contributed by atoms with Crippen LogP contribution in [0.4, 0.5) is 0 Å². The fraction of sp³-hybridized carbons (Fsp3) is 0.429. The highest BCUT2D eigenvalue weighted by atomic mass is 35.5. The number of carboxylic acids is 1. The second-order valence-electron chi connectivity index (χ2n) is 7.96. The van der Waals surface area contributed by atoms with Gasteiger partial charge in [-0.1, -0.05) is 48.2 Å². The maximum atomic E-state index is 13.2. The Bertz CT molecular complexity index is 911. The van der Waals surface area contributed by atoms with Gasteiger partial charge in [0.25, 0.3) is 0 Å². The van der Waals surface area contributed by atoms with Crippen LogP contribution in [0.15, 0.2) is 36.4 Å². The SMILES string of the molecule is O=C(O)C[C@@]1(CC2CC2)C[C@H](c2cccc(Cl)c2)[C@@H](c2ccc(Cl)s2)NC1=O. The molecule has 0 unspecified atom stereocenters. The number of hydrogen-bond acceptors (Lipinski definition) is 3. The van der Waals surface area contributed by atoms with Crippen molar-refractivity contribution in [1.29, 1.82) is 0 Å². The van der Waals surface area contributed by atoms with Gasteiger partial charge in [-0.25, -0.2) is 0 Å². The van der Waals surface area contributed by atoms with E-state index in [2.05, 4.69) is 5.32 Å². The zero-order valence-electron chi connectivity index (χ0n) is 15.2. The van der Waals surface area contributed by atoms with Gasteiger partial charge in [-0.3, -0.25) is 9.59 Å². The number of carbonyl (C=O) groups is 2. The fourth-order valence-electron chi connectivity index (χ4n) is 4.40. The van der Waals surface area contributed by atoms with E-state index in [1.807, 2.05) is 36.4 Å². The average Bonchev–Trinajstić information content (AvgIpc) is 3.33. The number of aliphatic carboxylic acids is 1. The lowest BCUT2D eigenvalue weighted by molar-refractivity contribution is -0.149. The summed E-state index contributed by atoms with van der Waals surface area (Å²) in [4.78, 5) is 25.8. The van der Waals surface area contributed by atoms with Gasteiger partial charge in [0.15, 0.2) is 0 Å². The summed E-state index contributed by atoms with van der Waals surface area (Å²) in [6, 6.07) is 11.1. The number of halogens is 2. The highest BCUT2D eigenvalue weighted by molar-refractivity contribution is 7.16. The number of rotatable bonds is 6. The van der Waals surface area contributed by atoms with E-state index < -0.39 is 11.4 Å². The van der Waals surface area contributed by atoms with Crippen molar-refractivity contribution in [1.82, 2.24) is 5.32 Å². The third-order valence-corrected chi connectivity index (χ3v) is 7.37. The molecule has 0 spiro atoms. The number of amides is 1. The van der Waals surface area contributed by atoms with Crippen molar-refractivity contribution in [2.75, 3.05) is 0 Å². The molecule has 1 aromatic heterocycles. The Labute approximate surface area is 177 Å². The van der Waals surface area contributed by atoms with E-state index >= 15 is 0 Å². The van der Waals surface area contributed by atoms with Crippen molar-refractivity contribution in [3.63, 3.8) is 0 Å². The van der Waals surface area contributed by atoms with Crippen LogP contribution in [0.5, 0.6) is 0 Å². The Morgan fingerprint density at radius 3 is 2.64 bits per heavy atom. The predicted octanol–water partition coefficient (Wildman–Crippen LogP) is 5.66. The van der Waals surface area contributed by atoms with Gasteiger partial charge in [0, 0.05) is 15.8 Å². The van der Waals surface area contributed by atoms with Crippen LogP contribution < -0.4 is 5.32 Å². The maximum Gasteiger partial charge on any atom is 0.304 e. The van der Waals surface area contributed by atoms with Crippen LogP contribution in [0, 0.1) is 11.3 Å². The first kappa shape index (κ1) is 19.7. The molecule has 1 saturated heterocycles. The van der Waals surface area contributed by atoms with Gasteiger partial charge in [-0.2, -0.15) is 0 Å². The molecule has 0 radical (unpaired) electrons. The number of benzene rings is 1. The second kappa shape index (κ2) is 7.69. The number of carbonyl (C=O) groups excluding carboxylic acids is 1. The number of thiophene rings is 1. The van der Waals surface area contributed by atoms with Crippen LogP contribution in [0.25, 0.3) is 0 Å². The zero-order valence-corrected chi connectivity index (χ0v) is 17.5. The van der Waals surface area contributed by atoms with Crippen molar-refractivity contribution in [2.24, 2.45) is 11.3 Å². The number of carboxylic acid groups (broad SMARTS) is 1. The Morgan fingerprint density at radius 1 is 1.25 bits per heavy atom. The topological polar surface area (TPSA) is 66.4 Å². The summed E-state index contributed by atoms with van der Waals surface area (Å²) >= 11 is 13.8. The molecule has 1 amide bonds. The van der Waals surface area contributed by atoms with Gasteiger partial charge >= 0.3 is 5.97 Å². The van der Waals surface area contributed by atoms with Gasteiger partial charge in [0.05, 0.1) is 22.2 Å². The van der Waals surface area contributed by atoms with Gasteiger partial charge < -0.3 is 10.4 Å². The Kier molecular flexibility index (Phi) is 5.43. The first-order valence-electron chi connectivity index (χ1n) is 9.40. The van der Waals surface area contributed by atoms with Crippen LogP contribution in [-0.4, -0.2) is 17.0 Å². The molecule has 1 aromatic carbocycles. The Hall–Kier alpha value is -1.56. The van der Waals surface area contributed by atoms with Crippen molar-refractivity contribution in [3.05, 3.63) is 56.2 Å². The minimum absolute atomic E-state index is 0.0655. The predicted molar refractivity (Wildman–Crippen MR) is 111 cm³/mol. The third kappa shape index (κ3) is 4.07. The van der Waals surface area contributed by atoms with Crippen LogP contribution in [0.1, 0.15) is 54.5 Å². The highest BCUT2D eigenvalue weighted by Crippen LogP contribution is 2.53. The van der Waals surface area contributed by atoms with Gasteiger partial charge in [-0.05, 0) is 48.6 Å². The summed E-state index contributed by atoms with van der Waals surface area (Å²) in [5.41, 5.74) is 0.116. The lowest BCUT2D eigenvalue weighted by atomic mass is 9.66. The number of piperidine rings is 1. The monoisotopic (exact) mass is 437 g/mol. The summed E-state index contributed by atoms with van der Waals surface area (Å²) in [6.07, 6.45) is 3.10. The third-order valence-electron chi connectivity index (χ3n) is 5.82. The lowest BCUT2D eigenvalue weighted by Crippen LogP contribution is -2.51. The Morgan fingerprint density at radius 2 is 2.04 bits per heavy atom. The van der Waals surface area contributed by atoms with Crippen molar-refractivity contribution >= 4 is 46.4 Å². The standard InChI is InChI=1S/C21H21Cl2NO3S/c22-14-3-1-2-13(8-14)15-10-21(11-18(25)26,9-12-4-5-12)20(27)24-19(15)16-6-7-17(23)28-16/h1-3,6-8,12,15,19H,4-5,9-11H2,(H,24,27)(H,25,26)/t15-,19+,21-/m1/s1. The van der Waals surface area contributed by atoms with Crippen molar-refractivity contribution in [3.8, 4) is 0 Å². The van der Waals surface area contributed by atoms with E-state index in [9.17, 15) is 14.7 Å². The highest BCUT2D eigenvalue weighted by Gasteiger charge is 2.51. The molecule has 0 bridgehead atoms. The van der Waals surface area contributed by atoms with Crippen molar-refractivity contribution < 1.29 is 14.7 Å². The fourth-order valence-corrected chi connectivity index (χ4v) is 5.78. The summed E-state index contributed by atoms with van der Waals surface area (Å²) in [5.74, 6) is -0.713. The van der Waals surface area contributed by atoms with E-state index in [0.717, 1.165) is 23.3 Å². The largest absolute Gasteiger partial charge is 0.481 e. The molecular formula is C21H21Cl2NO3S. The summed E-state index contributed by atoms with van der Waals surface area (Å²) in [6.45, 7) is 0. The molecule has 3 atom stereocenters. The molecule has 1 saturated carbocycles.